The summed E-state index contributed by atoms with van der Waals surface area (Å²) in [5.41, 5.74) is 0.106. The van der Waals surface area contributed by atoms with Gasteiger partial charge in [0.25, 0.3) is 0 Å². The van der Waals surface area contributed by atoms with E-state index in [0.29, 0.717) is 0 Å². The number of benzene rings is 1. The van der Waals surface area contributed by atoms with Gasteiger partial charge in [-0.3, -0.25) is 4.72 Å². The van der Waals surface area contributed by atoms with E-state index in [1.165, 1.54) is 25.3 Å². The Balaban J connectivity index is 1.73. The second-order valence-electron chi connectivity index (χ2n) is 6.36. The maximum absolute atomic E-state index is 13.8. The number of nitrogens with zero attached hydrogens (tertiary/aromatic N) is 4. The van der Waals surface area contributed by atoms with Gasteiger partial charge >= 0.3 is 16.3 Å². The van der Waals surface area contributed by atoms with E-state index in [0.717, 1.165) is 27.0 Å². The first-order chi connectivity index (χ1) is 14.7. The van der Waals surface area contributed by atoms with E-state index in [1.807, 2.05) is 0 Å². The molecule has 31 heavy (non-hydrogen) atoms. The fourth-order valence-electron chi connectivity index (χ4n) is 2.74. The zero-order valence-electron chi connectivity index (χ0n) is 16.3. The number of nitrogens with one attached hydrogen (secondary N) is 1. The van der Waals surface area contributed by atoms with E-state index in [9.17, 15) is 22.0 Å². The number of ether oxygens (including phenoxy) is 1. The third-order valence-electron chi connectivity index (χ3n) is 4.36. The number of rotatable bonds is 7. The zero-order chi connectivity index (χ0) is 22.6. The molecule has 0 atom stereocenters. The molecule has 168 valence electrons. The SMILES string of the molecule is COc1cc(NS(=O)(=O)N2CCN(C(=O)O)CC2)nc(SCc2cccc(F)c2F)n1. The van der Waals surface area contributed by atoms with Crippen molar-refractivity contribution < 1.29 is 31.8 Å². The van der Waals surface area contributed by atoms with Crippen molar-refractivity contribution in [3.05, 3.63) is 41.5 Å². The molecule has 0 bridgehead atoms. The lowest BCUT2D eigenvalue weighted by atomic mass is 10.2. The number of carbonyl (C=O) groups is 1. The van der Waals surface area contributed by atoms with Crippen molar-refractivity contribution in [1.29, 1.82) is 0 Å². The van der Waals surface area contributed by atoms with Gasteiger partial charge in [-0.05, 0) is 6.07 Å². The van der Waals surface area contributed by atoms with Crippen LogP contribution in [0.2, 0.25) is 0 Å². The Morgan fingerprint density at radius 1 is 1.26 bits per heavy atom. The van der Waals surface area contributed by atoms with E-state index >= 15 is 0 Å². The monoisotopic (exact) mass is 475 g/mol. The Morgan fingerprint density at radius 3 is 2.61 bits per heavy atom. The summed E-state index contributed by atoms with van der Waals surface area (Å²) >= 11 is 0.976. The van der Waals surface area contributed by atoms with Crippen LogP contribution in [-0.4, -0.2) is 72.1 Å². The molecule has 1 aliphatic rings. The topological polar surface area (TPSA) is 125 Å². The zero-order valence-corrected chi connectivity index (χ0v) is 17.9. The first-order valence-corrected chi connectivity index (χ1v) is 11.4. The van der Waals surface area contributed by atoms with Gasteiger partial charge in [-0.1, -0.05) is 23.9 Å². The number of aromatic nitrogens is 2. The highest BCUT2D eigenvalue weighted by molar-refractivity contribution is 7.98. The predicted octanol–water partition coefficient (Wildman–Crippen LogP) is 2.01. The molecule has 1 saturated heterocycles. The Labute approximate surface area is 181 Å². The Kier molecular flexibility index (Phi) is 7.12. The lowest BCUT2D eigenvalue weighted by molar-refractivity contribution is 0.126. The smallest absolute Gasteiger partial charge is 0.407 e. The summed E-state index contributed by atoms with van der Waals surface area (Å²) < 4.78 is 61.0. The van der Waals surface area contributed by atoms with Crippen LogP contribution in [0, 0.1) is 11.6 Å². The van der Waals surface area contributed by atoms with Crippen LogP contribution in [0.25, 0.3) is 0 Å². The van der Waals surface area contributed by atoms with Gasteiger partial charge in [0.05, 0.1) is 7.11 Å². The first kappa shape index (κ1) is 23.0. The molecule has 0 unspecified atom stereocenters. The van der Waals surface area contributed by atoms with Gasteiger partial charge in [-0.2, -0.15) is 17.7 Å². The van der Waals surface area contributed by atoms with Crippen LogP contribution in [0.5, 0.6) is 5.88 Å². The Morgan fingerprint density at radius 2 is 1.97 bits per heavy atom. The summed E-state index contributed by atoms with van der Waals surface area (Å²) in [6, 6.07) is 5.09. The molecule has 3 rings (SSSR count). The van der Waals surface area contributed by atoms with Gasteiger partial charge < -0.3 is 14.7 Å². The number of hydrogen-bond donors (Lipinski definition) is 2. The standard InChI is InChI=1S/C17H19F2N5O5S2/c1-29-14-9-13(22-31(27,28)24-7-5-23(6-8-24)17(25)26)20-16(21-14)30-10-11-3-2-4-12(18)15(11)19/h2-4,9H,5-8,10H2,1H3,(H,25,26)(H,20,21,22). The minimum atomic E-state index is -4.01. The molecule has 1 fully saturated rings. The minimum Gasteiger partial charge on any atom is -0.481 e. The van der Waals surface area contributed by atoms with E-state index in [1.54, 1.807) is 0 Å². The molecule has 1 aromatic carbocycles. The van der Waals surface area contributed by atoms with Gasteiger partial charge in [0.15, 0.2) is 16.8 Å². The molecule has 0 saturated carbocycles. The highest BCUT2D eigenvalue weighted by Crippen LogP contribution is 2.26. The number of thioether (sulfide) groups is 1. The van der Waals surface area contributed by atoms with Crippen molar-refractivity contribution in [2.45, 2.75) is 10.9 Å². The molecule has 10 nitrogen and oxygen atoms in total. The van der Waals surface area contributed by atoms with E-state index in [4.69, 9.17) is 9.84 Å². The molecule has 1 aliphatic heterocycles. The Hall–Kier alpha value is -2.71. The van der Waals surface area contributed by atoms with Crippen LogP contribution in [0.15, 0.2) is 29.4 Å². The lowest BCUT2D eigenvalue weighted by Crippen LogP contribution is -2.51. The number of carboxylic acid groups (broad SMARTS) is 1. The fraction of sp³-hybridized carbons (Fsp3) is 0.353. The van der Waals surface area contributed by atoms with Gasteiger partial charge in [-0.25, -0.2) is 18.6 Å². The molecule has 2 aromatic rings. The second kappa shape index (κ2) is 9.62. The molecule has 2 heterocycles. The number of halogens is 2. The molecule has 0 aliphatic carbocycles. The van der Waals surface area contributed by atoms with Gasteiger partial charge in [-0.15, -0.1) is 0 Å². The molecule has 0 radical (unpaired) electrons. The Bertz CT molecular complexity index is 1060. The summed E-state index contributed by atoms with van der Waals surface area (Å²) in [6.45, 7) is 0.0713. The van der Waals surface area contributed by atoms with Crippen molar-refractivity contribution in [3.8, 4) is 5.88 Å². The van der Waals surface area contributed by atoms with Crippen LogP contribution in [0.4, 0.5) is 19.4 Å². The molecule has 2 N–H and O–H groups in total. The molecular weight excluding hydrogens is 456 g/mol. The molecule has 14 heteroatoms. The average Bonchev–Trinajstić information content (AvgIpc) is 2.74. The quantitative estimate of drug-likeness (QED) is 0.460. The number of methoxy groups -OCH3 is 1. The minimum absolute atomic E-state index is 0.00962. The number of anilines is 1. The van der Waals surface area contributed by atoms with Crippen molar-refractivity contribution in [1.82, 2.24) is 19.2 Å². The summed E-state index contributed by atoms with van der Waals surface area (Å²) in [5, 5.41) is 9.07. The average molecular weight is 475 g/mol. The van der Waals surface area contributed by atoms with Crippen LogP contribution in [-0.2, 0) is 16.0 Å². The van der Waals surface area contributed by atoms with Crippen LogP contribution in [0.3, 0.4) is 0 Å². The number of piperazine rings is 1. The third-order valence-corrected chi connectivity index (χ3v) is 6.77. The predicted molar refractivity (Wildman–Crippen MR) is 108 cm³/mol. The lowest BCUT2D eigenvalue weighted by Gasteiger charge is -2.32. The van der Waals surface area contributed by atoms with Gasteiger partial charge in [0.1, 0.15) is 5.82 Å². The second-order valence-corrected chi connectivity index (χ2v) is 8.97. The number of amides is 1. The highest BCUT2D eigenvalue weighted by Gasteiger charge is 2.29. The maximum Gasteiger partial charge on any atom is 0.407 e. The van der Waals surface area contributed by atoms with Crippen molar-refractivity contribution in [3.63, 3.8) is 0 Å². The summed E-state index contributed by atoms with van der Waals surface area (Å²) in [6.07, 6.45) is -1.11. The molecule has 1 aromatic heterocycles. The third kappa shape index (κ3) is 5.71. The first-order valence-electron chi connectivity index (χ1n) is 8.94. The summed E-state index contributed by atoms with van der Waals surface area (Å²) in [7, 11) is -2.67. The summed E-state index contributed by atoms with van der Waals surface area (Å²) in [5.74, 6) is -1.93. The van der Waals surface area contributed by atoms with E-state index in [2.05, 4.69) is 14.7 Å². The van der Waals surface area contributed by atoms with Gasteiger partial charge in [0.2, 0.25) is 5.88 Å². The van der Waals surface area contributed by atoms with Crippen molar-refractivity contribution in [2.24, 2.45) is 0 Å². The van der Waals surface area contributed by atoms with Gasteiger partial charge in [0, 0.05) is 43.6 Å². The van der Waals surface area contributed by atoms with E-state index in [-0.39, 0.29) is 54.3 Å². The summed E-state index contributed by atoms with van der Waals surface area (Å²) in [4.78, 5) is 20.3. The van der Waals surface area contributed by atoms with Crippen LogP contribution >= 0.6 is 11.8 Å². The van der Waals surface area contributed by atoms with Crippen molar-refractivity contribution >= 4 is 33.9 Å². The number of hydrogen-bond acceptors (Lipinski definition) is 7. The normalized spacial score (nSPS) is 15.0. The van der Waals surface area contributed by atoms with Crippen LogP contribution < -0.4 is 9.46 Å². The molecule has 0 spiro atoms. The fourth-order valence-corrected chi connectivity index (χ4v) is 4.71. The van der Waals surface area contributed by atoms with Crippen LogP contribution in [0.1, 0.15) is 5.56 Å². The van der Waals surface area contributed by atoms with E-state index < -0.39 is 27.9 Å². The maximum atomic E-state index is 13.8. The molecule has 1 amide bonds. The van der Waals surface area contributed by atoms with Crippen molar-refractivity contribution in [2.75, 3.05) is 38.0 Å². The largest absolute Gasteiger partial charge is 0.481 e. The molecular formula is C17H19F2N5O5S2. The highest BCUT2D eigenvalue weighted by atomic mass is 32.2.